The fraction of sp³-hybridized carbons (Fsp3) is 0.136. The summed E-state index contributed by atoms with van der Waals surface area (Å²) in [7, 11) is -4.18. The molecular formula is C22H18ClF3N2O3S. The van der Waals surface area contributed by atoms with Crippen LogP contribution < -0.4 is 9.62 Å². The van der Waals surface area contributed by atoms with Crippen molar-refractivity contribution in [1.29, 1.82) is 0 Å². The van der Waals surface area contributed by atoms with Crippen LogP contribution in [0.1, 0.15) is 11.1 Å². The molecule has 0 atom stereocenters. The lowest BCUT2D eigenvalue weighted by Gasteiger charge is -2.26. The third-order valence-corrected chi connectivity index (χ3v) is 6.54. The van der Waals surface area contributed by atoms with Crippen LogP contribution in [-0.4, -0.2) is 20.9 Å². The first-order valence-corrected chi connectivity index (χ1v) is 11.1. The lowest BCUT2D eigenvalue weighted by Crippen LogP contribution is -2.38. The molecule has 0 aliphatic carbocycles. The Morgan fingerprint density at radius 1 is 1.00 bits per heavy atom. The number of hydrogen-bond donors (Lipinski definition) is 1. The van der Waals surface area contributed by atoms with E-state index in [1.165, 1.54) is 24.3 Å². The number of carbonyl (C=O) groups is 1. The largest absolute Gasteiger partial charge is 0.416 e. The maximum Gasteiger partial charge on any atom is 0.416 e. The molecule has 10 heteroatoms. The fourth-order valence-electron chi connectivity index (χ4n) is 2.97. The van der Waals surface area contributed by atoms with E-state index in [9.17, 15) is 26.4 Å². The predicted octanol–water partition coefficient (Wildman–Crippen LogP) is 5.50. The number of sulfonamides is 1. The molecule has 0 saturated carbocycles. The Labute approximate surface area is 188 Å². The number of benzene rings is 3. The van der Waals surface area contributed by atoms with Gasteiger partial charge in [0.25, 0.3) is 10.0 Å². The first kappa shape index (κ1) is 23.6. The summed E-state index contributed by atoms with van der Waals surface area (Å²) < 4.78 is 66.4. The Bertz CT molecular complexity index is 1230. The van der Waals surface area contributed by atoms with Crippen molar-refractivity contribution in [2.45, 2.75) is 18.0 Å². The SMILES string of the molecule is Cc1ccc(Cl)cc1N(CC(=O)Nc1cccc(C(F)(F)F)c1)S(=O)(=O)c1ccccc1. The van der Waals surface area contributed by atoms with Crippen LogP contribution in [0.15, 0.2) is 77.7 Å². The molecule has 3 aromatic rings. The van der Waals surface area contributed by atoms with Crippen molar-refractivity contribution in [2.75, 3.05) is 16.2 Å². The summed E-state index contributed by atoms with van der Waals surface area (Å²) in [5, 5.41) is 2.60. The van der Waals surface area contributed by atoms with Gasteiger partial charge in [-0.05, 0) is 55.0 Å². The first-order chi connectivity index (χ1) is 15.0. The van der Waals surface area contributed by atoms with E-state index in [0.29, 0.717) is 5.56 Å². The van der Waals surface area contributed by atoms with Crippen molar-refractivity contribution in [3.8, 4) is 0 Å². The third kappa shape index (κ3) is 5.41. The minimum absolute atomic E-state index is 0.0498. The Morgan fingerprint density at radius 2 is 1.69 bits per heavy atom. The standard InChI is InChI=1S/C22H18ClF3N2O3S/c1-15-10-11-17(23)13-20(15)28(32(30,31)19-8-3-2-4-9-19)14-21(29)27-18-7-5-6-16(12-18)22(24,25)26/h2-13H,14H2,1H3,(H,27,29). The highest BCUT2D eigenvalue weighted by atomic mass is 35.5. The van der Waals surface area contributed by atoms with Gasteiger partial charge < -0.3 is 5.32 Å². The summed E-state index contributed by atoms with van der Waals surface area (Å²) in [6, 6.07) is 16.2. The van der Waals surface area contributed by atoms with Gasteiger partial charge >= 0.3 is 6.18 Å². The Hall–Kier alpha value is -3.04. The Kier molecular flexibility index (Phi) is 6.80. The van der Waals surface area contributed by atoms with Crippen LogP contribution in [-0.2, 0) is 21.0 Å². The minimum atomic E-state index is -4.58. The summed E-state index contributed by atoms with van der Waals surface area (Å²) >= 11 is 6.05. The van der Waals surface area contributed by atoms with Gasteiger partial charge in [0.2, 0.25) is 5.91 Å². The van der Waals surface area contributed by atoms with E-state index >= 15 is 0 Å². The van der Waals surface area contributed by atoms with Crippen molar-refractivity contribution in [1.82, 2.24) is 0 Å². The number of carbonyl (C=O) groups excluding carboxylic acids is 1. The van der Waals surface area contributed by atoms with Crippen LogP contribution >= 0.6 is 11.6 Å². The number of amides is 1. The molecule has 3 aromatic carbocycles. The number of nitrogens with zero attached hydrogens (tertiary/aromatic N) is 1. The molecule has 0 saturated heterocycles. The average Bonchev–Trinajstić information content (AvgIpc) is 2.74. The molecule has 0 spiro atoms. The van der Waals surface area contributed by atoms with E-state index in [2.05, 4.69) is 5.32 Å². The molecular weight excluding hydrogens is 465 g/mol. The second-order valence-electron chi connectivity index (χ2n) is 6.88. The molecule has 32 heavy (non-hydrogen) atoms. The van der Waals surface area contributed by atoms with E-state index in [-0.39, 0.29) is 21.3 Å². The monoisotopic (exact) mass is 482 g/mol. The maximum atomic E-state index is 13.3. The summed E-state index contributed by atoms with van der Waals surface area (Å²) in [5.74, 6) is -0.816. The Balaban J connectivity index is 1.96. The molecule has 0 radical (unpaired) electrons. The zero-order valence-corrected chi connectivity index (χ0v) is 18.3. The lowest BCUT2D eigenvalue weighted by atomic mass is 10.2. The average molecular weight is 483 g/mol. The van der Waals surface area contributed by atoms with Gasteiger partial charge in [0.15, 0.2) is 0 Å². The summed E-state index contributed by atoms with van der Waals surface area (Å²) in [6.07, 6.45) is -4.58. The van der Waals surface area contributed by atoms with Crippen molar-refractivity contribution >= 4 is 38.9 Å². The molecule has 1 amide bonds. The number of hydrogen-bond acceptors (Lipinski definition) is 3. The molecule has 5 nitrogen and oxygen atoms in total. The van der Waals surface area contributed by atoms with Crippen LogP contribution in [0.25, 0.3) is 0 Å². The van der Waals surface area contributed by atoms with E-state index in [4.69, 9.17) is 11.6 Å². The molecule has 0 heterocycles. The van der Waals surface area contributed by atoms with Crippen LogP contribution in [0.2, 0.25) is 5.02 Å². The highest BCUT2D eigenvalue weighted by Gasteiger charge is 2.31. The summed E-state index contributed by atoms with van der Waals surface area (Å²) in [4.78, 5) is 12.7. The predicted molar refractivity (Wildman–Crippen MR) is 117 cm³/mol. The van der Waals surface area contributed by atoms with E-state index in [0.717, 1.165) is 22.5 Å². The van der Waals surface area contributed by atoms with Gasteiger partial charge in [-0.1, -0.05) is 41.9 Å². The topological polar surface area (TPSA) is 66.5 Å². The molecule has 0 aliphatic rings. The normalized spacial score (nSPS) is 11.8. The van der Waals surface area contributed by atoms with Crippen molar-refractivity contribution in [3.05, 3.63) is 88.9 Å². The van der Waals surface area contributed by atoms with Crippen LogP contribution in [0, 0.1) is 6.92 Å². The summed E-state index contributed by atoms with van der Waals surface area (Å²) in [6.45, 7) is 0.985. The fourth-order valence-corrected chi connectivity index (χ4v) is 4.64. The lowest BCUT2D eigenvalue weighted by molar-refractivity contribution is -0.137. The molecule has 0 aromatic heterocycles. The van der Waals surface area contributed by atoms with Gasteiger partial charge in [0, 0.05) is 10.7 Å². The smallest absolute Gasteiger partial charge is 0.325 e. The highest BCUT2D eigenvalue weighted by molar-refractivity contribution is 7.92. The number of alkyl halides is 3. The molecule has 3 rings (SSSR count). The second kappa shape index (κ2) is 9.22. The molecule has 168 valence electrons. The van der Waals surface area contributed by atoms with Crippen molar-refractivity contribution < 1.29 is 26.4 Å². The quantitative estimate of drug-likeness (QED) is 0.504. The van der Waals surface area contributed by atoms with Crippen LogP contribution in [0.5, 0.6) is 0 Å². The number of nitrogens with one attached hydrogen (secondary N) is 1. The molecule has 1 N–H and O–H groups in total. The third-order valence-electron chi connectivity index (χ3n) is 4.53. The van der Waals surface area contributed by atoms with E-state index < -0.39 is 34.2 Å². The van der Waals surface area contributed by atoms with Gasteiger partial charge in [-0.15, -0.1) is 0 Å². The Morgan fingerprint density at radius 3 is 2.34 bits per heavy atom. The maximum absolute atomic E-state index is 13.3. The van der Waals surface area contributed by atoms with Gasteiger partial charge in [-0.3, -0.25) is 9.10 Å². The van der Waals surface area contributed by atoms with Gasteiger partial charge in [0.05, 0.1) is 16.1 Å². The first-order valence-electron chi connectivity index (χ1n) is 9.29. The second-order valence-corrected chi connectivity index (χ2v) is 9.18. The zero-order valence-electron chi connectivity index (χ0n) is 16.7. The number of rotatable bonds is 6. The molecule has 0 fully saturated rings. The zero-order chi connectivity index (χ0) is 23.5. The van der Waals surface area contributed by atoms with Gasteiger partial charge in [-0.2, -0.15) is 13.2 Å². The number of halogens is 4. The van der Waals surface area contributed by atoms with Crippen LogP contribution in [0.3, 0.4) is 0 Å². The summed E-state index contributed by atoms with van der Waals surface area (Å²) in [5.41, 5.74) is -0.319. The van der Waals surface area contributed by atoms with Gasteiger partial charge in [0.1, 0.15) is 6.54 Å². The minimum Gasteiger partial charge on any atom is -0.325 e. The van der Waals surface area contributed by atoms with Crippen molar-refractivity contribution in [3.63, 3.8) is 0 Å². The van der Waals surface area contributed by atoms with Gasteiger partial charge in [-0.25, -0.2) is 8.42 Å². The molecule has 0 aliphatic heterocycles. The van der Waals surface area contributed by atoms with Crippen LogP contribution in [0.4, 0.5) is 24.5 Å². The van der Waals surface area contributed by atoms with E-state index in [1.54, 1.807) is 37.3 Å². The molecule has 0 unspecified atom stereocenters. The molecule has 0 bridgehead atoms. The van der Waals surface area contributed by atoms with E-state index in [1.807, 2.05) is 0 Å². The number of aryl methyl sites for hydroxylation is 1. The highest BCUT2D eigenvalue weighted by Crippen LogP contribution is 2.31. The van der Waals surface area contributed by atoms with Crippen molar-refractivity contribution in [2.24, 2.45) is 0 Å². The number of anilines is 2.